The highest BCUT2D eigenvalue weighted by molar-refractivity contribution is 7.98. The van der Waals surface area contributed by atoms with E-state index in [1.165, 1.54) is 9.58 Å². The molecule has 0 aliphatic heterocycles. The Morgan fingerprint density at radius 3 is 2.86 bits per heavy atom. The van der Waals surface area contributed by atoms with Gasteiger partial charge in [0, 0.05) is 24.5 Å². The number of anilines is 1. The van der Waals surface area contributed by atoms with Gasteiger partial charge in [0.1, 0.15) is 12.3 Å². The number of carbonyl (C=O) groups excluding carboxylic acids is 2. The highest BCUT2D eigenvalue weighted by Crippen LogP contribution is 2.27. The number of esters is 1. The van der Waals surface area contributed by atoms with Crippen LogP contribution in [0.25, 0.3) is 5.69 Å². The van der Waals surface area contributed by atoms with Crippen molar-refractivity contribution in [2.45, 2.75) is 13.8 Å². The van der Waals surface area contributed by atoms with Gasteiger partial charge in [-0.3, -0.25) is 14.7 Å². The lowest BCUT2D eigenvalue weighted by atomic mass is 10.2. The highest BCUT2D eigenvalue weighted by Gasteiger charge is 2.27. The Kier molecular flexibility index (Phi) is 8.75. The number of hydrogen-bond acceptors (Lipinski definition) is 7. The molecule has 2 aromatic rings. The molecule has 0 N–H and O–H groups in total. The molecule has 2 rings (SSSR count). The Balaban J connectivity index is 2.26. The van der Waals surface area contributed by atoms with Crippen molar-refractivity contribution in [3.8, 4) is 5.69 Å². The lowest BCUT2D eigenvalue weighted by molar-refractivity contribution is -0.149. The van der Waals surface area contributed by atoms with Crippen LogP contribution in [0.4, 0.5) is 5.69 Å². The summed E-state index contributed by atoms with van der Waals surface area (Å²) >= 11 is 7.85. The van der Waals surface area contributed by atoms with E-state index in [4.69, 9.17) is 21.1 Å². The first kappa shape index (κ1) is 22.2. The number of halogens is 1. The van der Waals surface area contributed by atoms with Gasteiger partial charge in [0.05, 0.1) is 18.1 Å². The minimum absolute atomic E-state index is 0.120. The second-order valence-corrected chi connectivity index (χ2v) is 7.13. The van der Waals surface area contributed by atoms with E-state index < -0.39 is 5.97 Å². The molecule has 1 unspecified atom stereocenters. The summed E-state index contributed by atoms with van der Waals surface area (Å²) in [5.41, 5.74) is 1.04. The zero-order valence-corrected chi connectivity index (χ0v) is 17.6. The number of thioether (sulfide) groups is 1. The second kappa shape index (κ2) is 11.0. The van der Waals surface area contributed by atoms with Crippen LogP contribution in [-0.2, 0) is 19.1 Å². The topological polar surface area (TPSA) is 86.5 Å². The predicted molar refractivity (Wildman–Crippen MR) is 109 cm³/mol. The Morgan fingerprint density at radius 2 is 2.21 bits per heavy atom. The van der Waals surface area contributed by atoms with Gasteiger partial charge in [0.2, 0.25) is 5.91 Å². The lowest BCUT2D eigenvalue weighted by Gasteiger charge is -2.24. The van der Waals surface area contributed by atoms with Crippen molar-refractivity contribution in [2.75, 3.05) is 36.9 Å². The Morgan fingerprint density at radius 1 is 1.43 bits per heavy atom. The Hall–Kier alpha value is -2.10. The number of hydrogen-bond donors (Lipinski definition) is 0. The maximum absolute atomic E-state index is 12.9. The first-order chi connectivity index (χ1) is 13.5. The molecule has 0 spiro atoms. The fourth-order valence-corrected chi connectivity index (χ4v) is 3.22. The number of amides is 1. The summed E-state index contributed by atoms with van der Waals surface area (Å²) in [5, 5.41) is 4.36. The molecule has 0 aliphatic carbocycles. The molecule has 1 atom stereocenters. The fraction of sp³-hybridized carbons (Fsp3) is 0.444. The molecular weight excluding hydrogens is 404 g/mol. The van der Waals surface area contributed by atoms with E-state index in [2.05, 4.69) is 10.1 Å². The van der Waals surface area contributed by atoms with Gasteiger partial charge in [-0.25, -0.2) is 9.48 Å². The van der Waals surface area contributed by atoms with E-state index in [0.717, 1.165) is 0 Å². The van der Waals surface area contributed by atoms with Gasteiger partial charge in [-0.05, 0) is 25.3 Å². The second-order valence-electron chi connectivity index (χ2n) is 5.87. The van der Waals surface area contributed by atoms with Crippen LogP contribution in [0.15, 0.2) is 30.7 Å². The SMILES string of the molecule is CCOCC(=O)OCN(C(=O)C(C)CSC)c1cn(-c2cccnc2)nc1Cl. The fourth-order valence-electron chi connectivity index (χ4n) is 2.35. The summed E-state index contributed by atoms with van der Waals surface area (Å²) in [4.78, 5) is 30.1. The molecule has 0 aromatic carbocycles. The normalized spacial score (nSPS) is 11.9. The summed E-state index contributed by atoms with van der Waals surface area (Å²) in [5.74, 6) is -0.450. The summed E-state index contributed by atoms with van der Waals surface area (Å²) in [6.45, 7) is 3.53. The molecular formula is C18H23ClN4O4S. The van der Waals surface area contributed by atoms with E-state index >= 15 is 0 Å². The molecule has 152 valence electrons. The molecule has 0 bridgehead atoms. The van der Waals surface area contributed by atoms with Crippen LogP contribution in [0.5, 0.6) is 0 Å². The average Bonchev–Trinajstić information content (AvgIpc) is 3.08. The number of nitrogens with zero attached hydrogens (tertiary/aromatic N) is 4. The van der Waals surface area contributed by atoms with E-state index in [0.29, 0.717) is 23.7 Å². The molecule has 2 heterocycles. The zero-order chi connectivity index (χ0) is 20.5. The minimum atomic E-state index is -0.562. The van der Waals surface area contributed by atoms with Gasteiger partial charge in [-0.1, -0.05) is 18.5 Å². The Bertz CT molecular complexity index is 787. The molecule has 28 heavy (non-hydrogen) atoms. The Labute approximate surface area is 173 Å². The predicted octanol–water partition coefficient (Wildman–Crippen LogP) is 2.79. The van der Waals surface area contributed by atoms with Crippen molar-refractivity contribution in [2.24, 2.45) is 5.92 Å². The third-order valence-electron chi connectivity index (χ3n) is 3.74. The quantitative estimate of drug-likeness (QED) is 0.426. The molecule has 0 fully saturated rings. The number of carbonyl (C=O) groups is 2. The van der Waals surface area contributed by atoms with Gasteiger partial charge < -0.3 is 9.47 Å². The van der Waals surface area contributed by atoms with Gasteiger partial charge in [0.15, 0.2) is 11.9 Å². The maximum atomic E-state index is 12.9. The van der Waals surface area contributed by atoms with E-state index in [-0.39, 0.29) is 30.3 Å². The van der Waals surface area contributed by atoms with Crippen molar-refractivity contribution >= 4 is 40.9 Å². The van der Waals surface area contributed by atoms with Crippen LogP contribution in [0.1, 0.15) is 13.8 Å². The molecule has 0 saturated carbocycles. The van der Waals surface area contributed by atoms with Gasteiger partial charge in [-0.2, -0.15) is 16.9 Å². The number of ether oxygens (including phenoxy) is 2. The summed E-state index contributed by atoms with van der Waals surface area (Å²) in [6, 6.07) is 3.58. The average molecular weight is 427 g/mol. The summed E-state index contributed by atoms with van der Waals surface area (Å²) in [6.07, 6.45) is 6.80. The summed E-state index contributed by atoms with van der Waals surface area (Å²) in [7, 11) is 0. The minimum Gasteiger partial charge on any atom is -0.442 e. The van der Waals surface area contributed by atoms with Crippen LogP contribution in [0.3, 0.4) is 0 Å². The van der Waals surface area contributed by atoms with E-state index in [1.54, 1.807) is 43.3 Å². The molecule has 0 radical (unpaired) electrons. The maximum Gasteiger partial charge on any atom is 0.333 e. The van der Waals surface area contributed by atoms with Gasteiger partial charge in [-0.15, -0.1) is 0 Å². The third kappa shape index (κ3) is 5.95. The third-order valence-corrected chi connectivity index (χ3v) is 4.84. The van der Waals surface area contributed by atoms with Crippen LogP contribution >= 0.6 is 23.4 Å². The highest BCUT2D eigenvalue weighted by atomic mass is 35.5. The smallest absolute Gasteiger partial charge is 0.333 e. The molecule has 0 aliphatic rings. The van der Waals surface area contributed by atoms with Crippen molar-refractivity contribution in [3.05, 3.63) is 35.9 Å². The molecule has 10 heteroatoms. The van der Waals surface area contributed by atoms with E-state index in [9.17, 15) is 9.59 Å². The van der Waals surface area contributed by atoms with Crippen molar-refractivity contribution in [3.63, 3.8) is 0 Å². The first-order valence-electron chi connectivity index (χ1n) is 8.67. The molecule has 1 amide bonds. The molecule has 8 nitrogen and oxygen atoms in total. The monoisotopic (exact) mass is 426 g/mol. The van der Waals surface area contributed by atoms with Crippen LogP contribution in [0, 0.1) is 5.92 Å². The number of pyridine rings is 1. The van der Waals surface area contributed by atoms with E-state index in [1.807, 2.05) is 19.2 Å². The summed E-state index contributed by atoms with van der Waals surface area (Å²) < 4.78 is 11.8. The van der Waals surface area contributed by atoms with Crippen molar-refractivity contribution < 1.29 is 19.1 Å². The number of rotatable bonds is 10. The van der Waals surface area contributed by atoms with Gasteiger partial charge >= 0.3 is 5.97 Å². The number of aromatic nitrogens is 3. The zero-order valence-electron chi connectivity index (χ0n) is 16.0. The van der Waals surface area contributed by atoms with Crippen molar-refractivity contribution in [1.82, 2.24) is 14.8 Å². The molecule has 0 saturated heterocycles. The first-order valence-corrected chi connectivity index (χ1v) is 10.4. The molecule has 2 aromatic heterocycles. The van der Waals surface area contributed by atoms with Crippen LogP contribution < -0.4 is 4.90 Å². The largest absolute Gasteiger partial charge is 0.442 e. The van der Waals surface area contributed by atoms with Crippen LogP contribution in [-0.4, -0.2) is 58.6 Å². The van der Waals surface area contributed by atoms with Crippen LogP contribution in [0.2, 0.25) is 5.15 Å². The lowest BCUT2D eigenvalue weighted by Crippen LogP contribution is -2.39. The standard InChI is InChI=1S/C18H23ClN4O4S/c1-4-26-10-16(24)27-12-22(18(25)13(2)11-28-3)15-9-23(21-17(15)19)14-6-5-7-20-8-14/h5-9,13H,4,10-12H2,1-3H3. The van der Waals surface area contributed by atoms with Gasteiger partial charge in [0.25, 0.3) is 0 Å². The van der Waals surface area contributed by atoms with Crippen molar-refractivity contribution in [1.29, 1.82) is 0 Å².